The molecule has 1 rings (SSSR count). The molecule has 0 unspecified atom stereocenters. The van der Waals surface area contributed by atoms with Crippen molar-refractivity contribution in [3.05, 3.63) is 30.9 Å². The normalized spacial score (nSPS) is 11.3. The van der Waals surface area contributed by atoms with E-state index in [1.807, 2.05) is 32.9 Å². The number of hydrogen-bond acceptors (Lipinski definition) is 2. The molecule has 1 aromatic carbocycles. The Morgan fingerprint density at radius 3 is 2.40 bits per heavy atom. The van der Waals surface area contributed by atoms with Gasteiger partial charge in [0.2, 0.25) is 0 Å². The number of halogens is 2. The molecule has 0 spiro atoms. The molecule has 1 aromatic rings. The molecule has 0 fully saturated rings. The standard InChI is InChI=1S/C11H12I2O2/c1-11(2,3)15-10(14)7-5-4-6-8(12)9(7)13/h4-6H,1-3H3. The van der Waals surface area contributed by atoms with Crippen LogP contribution in [-0.4, -0.2) is 11.6 Å². The van der Waals surface area contributed by atoms with E-state index < -0.39 is 5.60 Å². The summed E-state index contributed by atoms with van der Waals surface area (Å²) < 4.78 is 7.33. The highest BCUT2D eigenvalue weighted by atomic mass is 127. The summed E-state index contributed by atoms with van der Waals surface area (Å²) in [4.78, 5) is 11.8. The second kappa shape index (κ2) is 4.99. The number of carbonyl (C=O) groups is 1. The Kier molecular flexibility index (Phi) is 4.39. The molecule has 0 aromatic heterocycles. The number of hydrogen-bond donors (Lipinski definition) is 0. The highest BCUT2D eigenvalue weighted by Gasteiger charge is 2.20. The monoisotopic (exact) mass is 430 g/mol. The van der Waals surface area contributed by atoms with Crippen LogP contribution in [0.5, 0.6) is 0 Å². The SMILES string of the molecule is CC(C)(C)OC(=O)c1cccc(I)c1I. The number of rotatable bonds is 1. The second-order valence-electron chi connectivity index (χ2n) is 4.10. The first kappa shape index (κ1) is 13.2. The fourth-order valence-corrected chi connectivity index (χ4v) is 2.07. The van der Waals surface area contributed by atoms with Crippen LogP contribution < -0.4 is 0 Å². The van der Waals surface area contributed by atoms with Crippen molar-refractivity contribution in [1.82, 2.24) is 0 Å². The minimum absolute atomic E-state index is 0.259. The van der Waals surface area contributed by atoms with Crippen LogP contribution in [0.2, 0.25) is 0 Å². The van der Waals surface area contributed by atoms with E-state index in [1.54, 1.807) is 6.07 Å². The van der Waals surface area contributed by atoms with Crippen molar-refractivity contribution in [3.63, 3.8) is 0 Å². The average molecular weight is 430 g/mol. The molecule has 0 saturated carbocycles. The molecular weight excluding hydrogens is 418 g/mol. The Morgan fingerprint density at radius 1 is 1.27 bits per heavy atom. The van der Waals surface area contributed by atoms with E-state index in [4.69, 9.17) is 4.74 Å². The summed E-state index contributed by atoms with van der Waals surface area (Å²) in [7, 11) is 0. The van der Waals surface area contributed by atoms with Crippen molar-refractivity contribution < 1.29 is 9.53 Å². The highest BCUT2D eigenvalue weighted by Crippen LogP contribution is 2.21. The fourth-order valence-electron chi connectivity index (χ4n) is 0.995. The summed E-state index contributed by atoms with van der Waals surface area (Å²) in [5.74, 6) is -0.259. The van der Waals surface area contributed by atoms with E-state index in [0.717, 1.165) is 7.14 Å². The van der Waals surface area contributed by atoms with E-state index in [0.29, 0.717) is 5.56 Å². The molecule has 0 aliphatic carbocycles. The molecule has 0 amide bonds. The second-order valence-corrected chi connectivity index (χ2v) is 6.34. The fraction of sp³-hybridized carbons (Fsp3) is 0.364. The molecule has 0 heterocycles. The van der Waals surface area contributed by atoms with Crippen LogP contribution in [0.25, 0.3) is 0 Å². The molecule has 82 valence electrons. The van der Waals surface area contributed by atoms with Gasteiger partial charge in [0.25, 0.3) is 0 Å². The molecule has 0 radical (unpaired) electrons. The predicted octanol–water partition coefficient (Wildman–Crippen LogP) is 3.85. The van der Waals surface area contributed by atoms with Gasteiger partial charge in [-0.15, -0.1) is 0 Å². The summed E-state index contributed by atoms with van der Waals surface area (Å²) >= 11 is 4.37. The molecule has 0 atom stereocenters. The summed E-state index contributed by atoms with van der Waals surface area (Å²) in [5.41, 5.74) is 0.193. The van der Waals surface area contributed by atoms with Crippen LogP contribution in [0.15, 0.2) is 18.2 Å². The predicted molar refractivity (Wildman–Crippen MR) is 77.0 cm³/mol. The summed E-state index contributed by atoms with van der Waals surface area (Å²) in [5, 5.41) is 0. The van der Waals surface area contributed by atoms with Gasteiger partial charge in [0.15, 0.2) is 0 Å². The first-order chi connectivity index (χ1) is 6.81. The summed E-state index contributed by atoms with van der Waals surface area (Å²) in [6.45, 7) is 5.60. The maximum absolute atomic E-state index is 11.8. The quantitative estimate of drug-likeness (QED) is 0.500. The van der Waals surface area contributed by atoms with E-state index in [9.17, 15) is 4.79 Å². The summed E-state index contributed by atoms with van der Waals surface area (Å²) in [6, 6.07) is 5.62. The zero-order valence-corrected chi connectivity index (χ0v) is 13.1. The number of ether oxygens (including phenoxy) is 1. The molecule has 0 aliphatic heterocycles. The van der Waals surface area contributed by atoms with Gasteiger partial charge >= 0.3 is 5.97 Å². The zero-order valence-electron chi connectivity index (χ0n) is 8.80. The average Bonchev–Trinajstić information content (AvgIpc) is 2.06. The van der Waals surface area contributed by atoms with Crippen LogP contribution in [0.4, 0.5) is 0 Å². The Morgan fingerprint density at radius 2 is 1.87 bits per heavy atom. The van der Waals surface area contributed by atoms with Gasteiger partial charge in [0, 0.05) is 7.14 Å². The maximum atomic E-state index is 11.8. The maximum Gasteiger partial charge on any atom is 0.339 e. The van der Waals surface area contributed by atoms with Crippen molar-refractivity contribution in [2.24, 2.45) is 0 Å². The minimum atomic E-state index is -0.443. The first-order valence-corrected chi connectivity index (χ1v) is 6.64. The first-order valence-electron chi connectivity index (χ1n) is 4.48. The molecule has 0 bridgehead atoms. The molecule has 15 heavy (non-hydrogen) atoms. The van der Waals surface area contributed by atoms with Crippen molar-refractivity contribution in [1.29, 1.82) is 0 Å². The van der Waals surface area contributed by atoms with Crippen molar-refractivity contribution in [3.8, 4) is 0 Å². The Balaban J connectivity index is 2.97. The van der Waals surface area contributed by atoms with Gasteiger partial charge in [-0.3, -0.25) is 0 Å². The number of carbonyl (C=O) groups excluding carboxylic acids is 1. The zero-order chi connectivity index (χ0) is 11.6. The molecular formula is C11H12I2O2. The van der Waals surface area contributed by atoms with Gasteiger partial charge in [-0.1, -0.05) is 6.07 Å². The van der Waals surface area contributed by atoms with E-state index in [-0.39, 0.29) is 5.97 Å². The van der Waals surface area contributed by atoms with Crippen LogP contribution in [0.1, 0.15) is 31.1 Å². The lowest BCUT2D eigenvalue weighted by Gasteiger charge is -2.20. The molecule has 4 heteroatoms. The molecule has 0 saturated heterocycles. The smallest absolute Gasteiger partial charge is 0.339 e. The Hall–Kier alpha value is 0.150. The van der Waals surface area contributed by atoms with Gasteiger partial charge in [0.05, 0.1) is 5.56 Å². The van der Waals surface area contributed by atoms with Gasteiger partial charge in [-0.2, -0.15) is 0 Å². The van der Waals surface area contributed by atoms with Crippen LogP contribution in [0.3, 0.4) is 0 Å². The third kappa shape index (κ3) is 3.90. The Bertz CT molecular complexity index is 381. The third-order valence-corrected chi connectivity index (χ3v) is 4.66. The van der Waals surface area contributed by atoms with Crippen LogP contribution in [0, 0.1) is 7.14 Å². The van der Waals surface area contributed by atoms with Crippen LogP contribution in [-0.2, 0) is 4.74 Å². The number of benzene rings is 1. The lowest BCUT2D eigenvalue weighted by Crippen LogP contribution is -2.24. The Labute approximate surface area is 117 Å². The lowest BCUT2D eigenvalue weighted by molar-refractivity contribution is 0.00682. The third-order valence-electron chi connectivity index (χ3n) is 1.57. The minimum Gasteiger partial charge on any atom is -0.456 e. The van der Waals surface area contributed by atoms with Crippen molar-refractivity contribution in [2.75, 3.05) is 0 Å². The van der Waals surface area contributed by atoms with Gasteiger partial charge in [-0.05, 0) is 78.1 Å². The van der Waals surface area contributed by atoms with Crippen molar-refractivity contribution in [2.45, 2.75) is 26.4 Å². The van der Waals surface area contributed by atoms with E-state index in [1.165, 1.54) is 0 Å². The van der Waals surface area contributed by atoms with Crippen LogP contribution >= 0.6 is 45.2 Å². The molecule has 0 aliphatic rings. The van der Waals surface area contributed by atoms with Crippen molar-refractivity contribution >= 4 is 51.2 Å². The molecule has 0 N–H and O–H groups in total. The van der Waals surface area contributed by atoms with E-state index in [2.05, 4.69) is 45.2 Å². The summed E-state index contributed by atoms with van der Waals surface area (Å²) in [6.07, 6.45) is 0. The molecule has 2 nitrogen and oxygen atoms in total. The van der Waals surface area contributed by atoms with Gasteiger partial charge < -0.3 is 4.74 Å². The topological polar surface area (TPSA) is 26.3 Å². The van der Waals surface area contributed by atoms with Gasteiger partial charge in [0.1, 0.15) is 5.60 Å². The highest BCUT2D eigenvalue weighted by molar-refractivity contribution is 14.1. The lowest BCUT2D eigenvalue weighted by atomic mass is 10.2. The van der Waals surface area contributed by atoms with Gasteiger partial charge in [-0.25, -0.2) is 4.79 Å². The van der Waals surface area contributed by atoms with E-state index >= 15 is 0 Å². The number of esters is 1. The largest absolute Gasteiger partial charge is 0.456 e.